The Hall–Kier alpha value is -1.88. The van der Waals surface area contributed by atoms with E-state index in [0.29, 0.717) is 6.54 Å². The Morgan fingerprint density at radius 1 is 1.50 bits per heavy atom. The van der Waals surface area contributed by atoms with Gasteiger partial charge >= 0.3 is 5.97 Å². The number of aryl methyl sites for hydroxylation is 1. The number of carbonyl (C=O) groups is 1. The fraction of sp³-hybridized carbons (Fsp3) is 0.385. The van der Waals surface area contributed by atoms with Crippen LogP contribution in [0.5, 0.6) is 0 Å². The van der Waals surface area contributed by atoms with Crippen molar-refractivity contribution in [1.29, 1.82) is 0 Å². The predicted molar refractivity (Wildman–Crippen MR) is 69.4 cm³/mol. The van der Waals surface area contributed by atoms with Gasteiger partial charge in [-0.1, -0.05) is 6.07 Å². The van der Waals surface area contributed by atoms with Crippen LogP contribution in [-0.2, 0) is 11.3 Å². The third-order valence-corrected chi connectivity index (χ3v) is 2.82. The van der Waals surface area contributed by atoms with Crippen molar-refractivity contribution in [3.05, 3.63) is 29.6 Å². The highest BCUT2D eigenvalue weighted by molar-refractivity contribution is 5.75. The summed E-state index contributed by atoms with van der Waals surface area (Å²) in [5, 5.41) is 8.63. The van der Waals surface area contributed by atoms with Crippen LogP contribution in [0.4, 0.5) is 0 Å². The number of carboxylic acids is 1. The summed E-state index contributed by atoms with van der Waals surface area (Å²) in [6.45, 7) is 3.22. The Morgan fingerprint density at radius 2 is 2.28 bits per heavy atom. The second-order valence-corrected chi connectivity index (χ2v) is 4.56. The molecule has 0 fully saturated rings. The maximum atomic E-state index is 10.5. The number of aromatic nitrogens is 2. The zero-order chi connectivity index (χ0) is 13.1. The van der Waals surface area contributed by atoms with Crippen LogP contribution in [0.2, 0.25) is 0 Å². The van der Waals surface area contributed by atoms with Crippen molar-refractivity contribution in [1.82, 2.24) is 14.9 Å². The van der Waals surface area contributed by atoms with Crippen molar-refractivity contribution in [3.8, 4) is 0 Å². The topological polar surface area (TPSA) is 69.2 Å². The molecule has 0 unspecified atom stereocenters. The van der Waals surface area contributed by atoms with E-state index in [1.807, 2.05) is 31.0 Å². The predicted octanol–water partition coefficient (Wildman–Crippen LogP) is 1.78. The number of hydrogen-bond donors (Lipinski definition) is 2. The molecule has 2 N–H and O–H groups in total. The van der Waals surface area contributed by atoms with Gasteiger partial charge in [0, 0.05) is 13.1 Å². The molecule has 0 saturated carbocycles. The first-order valence-corrected chi connectivity index (χ1v) is 5.90. The second-order valence-electron chi connectivity index (χ2n) is 4.56. The number of nitrogens with zero attached hydrogens (tertiary/aromatic N) is 2. The molecule has 0 saturated heterocycles. The fourth-order valence-corrected chi connectivity index (χ4v) is 1.96. The van der Waals surface area contributed by atoms with Crippen molar-refractivity contribution in [3.63, 3.8) is 0 Å². The standard InChI is InChI=1S/C13H17N3O2/c1-9-14-11-4-3-10(7-12(11)15-9)8-16(2)6-5-13(17)18/h3-4,7H,5-6,8H2,1-2H3,(H,14,15)(H,17,18). The Labute approximate surface area is 105 Å². The molecular formula is C13H17N3O2. The Morgan fingerprint density at radius 3 is 3.00 bits per heavy atom. The summed E-state index contributed by atoms with van der Waals surface area (Å²) in [6, 6.07) is 6.08. The number of fused-ring (bicyclic) bond motifs is 1. The molecule has 1 aromatic carbocycles. The number of aliphatic carboxylic acids is 1. The molecule has 0 radical (unpaired) electrons. The number of imidazole rings is 1. The first-order chi connectivity index (χ1) is 8.54. The molecule has 2 aromatic rings. The van der Waals surface area contributed by atoms with E-state index in [2.05, 4.69) is 16.0 Å². The third-order valence-electron chi connectivity index (χ3n) is 2.82. The average molecular weight is 247 g/mol. The smallest absolute Gasteiger partial charge is 0.304 e. The van der Waals surface area contributed by atoms with Crippen LogP contribution in [0.15, 0.2) is 18.2 Å². The van der Waals surface area contributed by atoms with Crippen molar-refractivity contribution < 1.29 is 9.90 Å². The van der Waals surface area contributed by atoms with Gasteiger partial charge in [-0.05, 0) is 31.7 Å². The summed E-state index contributed by atoms with van der Waals surface area (Å²) < 4.78 is 0. The van der Waals surface area contributed by atoms with Gasteiger partial charge in [0.1, 0.15) is 5.82 Å². The molecule has 1 heterocycles. The summed E-state index contributed by atoms with van der Waals surface area (Å²) >= 11 is 0. The SMILES string of the molecule is Cc1nc2ccc(CN(C)CCC(=O)O)cc2[nH]1. The van der Waals surface area contributed by atoms with Crippen LogP contribution >= 0.6 is 0 Å². The van der Waals surface area contributed by atoms with Gasteiger partial charge in [0.05, 0.1) is 17.5 Å². The molecule has 0 aliphatic heterocycles. The van der Waals surface area contributed by atoms with E-state index in [1.165, 1.54) is 0 Å². The fourth-order valence-electron chi connectivity index (χ4n) is 1.96. The Balaban J connectivity index is 2.04. The van der Waals surface area contributed by atoms with E-state index in [9.17, 15) is 4.79 Å². The van der Waals surface area contributed by atoms with Gasteiger partial charge in [-0.2, -0.15) is 0 Å². The summed E-state index contributed by atoms with van der Waals surface area (Å²) in [5.41, 5.74) is 3.14. The zero-order valence-electron chi connectivity index (χ0n) is 10.6. The molecule has 5 heteroatoms. The third kappa shape index (κ3) is 3.07. The first-order valence-electron chi connectivity index (χ1n) is 5.90. The number of carboxylic acid groups (broad SMARTS) is 1. The Kier molecular flexibility index (Phi) is 3.62. The highest BCUT2D eigenvalue weighted by atomic mass is 16.4. The van der Waals surface area contributed by atoms with Gasteiger partial charge < -0.3 is 15.0 Å². The van der Waals surface area contributed by atoms with Crippen molar-refractivity contribution in [2.45, 2.75) is 19.9 Å². The van der Waals surface area contributed by atoms with Crippen LogP contribution in [0.1, 0.15) is 17.8 Å². The van der Waals surface area contributed by atoms with Crippen LogP contribution in [0.25, 0.3) is 11.0 Å². The van der Waals surface area contributed by atoms with E-state index >= 15 is 0 Å². The second kappa shape index (κ2) is 5.18. The van der Waals surface area contributed by atoms with Crippen LogP contribution in [0, 0.1) is 6.92 Å². The molecule has 0 spiro atoms. The molecule has 0 atom stereocenters. The van der Waals surface area contributed by atoms with Crippen LogP contribution in [0.3, 0.4) is 0 Å². The van der Waals surface area contributed by atoms with E-state index in [-0.39, 0.29) is 6.42 Å². The number of aromatic amines is 1. The molecule has 5 nitrogen and oxygen atoms in total. The molecule has 18 heavy (non-hydrogen) atoms. The number of nitrogens with one attached hydrogen (secondary N) is 1. The largest absolute Gasteiger partial charge is 0.481 e. The summed E-state index contributed by atoms with van der Waals surface area (Å²) in [7, 11) is 1.92. The molecule has 96 valence electrons. The number of benzene rings is 1. The summed E-state index contributed by atoms with van der Waals surface area (Å²) in [4.78, 5) is 20.0. The van der Waals surface area contributed by atoms with Crippen LogP contribution in [-0.4, -0.2) is 39.5 Å². The minimum absolute atomic E-state index is 0.169. The van der Waals surface area contributed by atoms with Gasteiger partial charge in [0.2, 0.25) is 0 Å². The quantitative estimate of drug-likeness (QED) is 0.845. The maximum Gasteiger partial charge on any atom is 0.304 e. The summed E-state index contributed by atoms with van der Waals surface area (Å²) in [5.74, 6) is 0.142. The highest BCUT2D eigenvalue weighted by Gasteiger charge is 2.05. The normalized spacial score (nSPS) is 11.3. The lowest BCUT2D eigenvalue weighted by molar-refractivity contribution is -0.137. The van der Waals surface area contributed by atoms with Gasteiger partial charge in [-0.3, -0.25) is 4.79 Å². The Bertz CT molecular complexity index is 562. The zero-order valence-corrected chi connectivity index (χ0v) is 10.6. The number of hydrogen-bond acceptors (Lipinski definition) is 3. The molecular weight excluding hydrogens is 230 g/mol. The lowest BCUT2D eigenvalue weighted by Gasteiger charge is -2.15. The first kappa shape index (κ1) is 12.6. The molecule has 0 amide bonds. The van der Waals surface area contributed by atoms with Crippen LogP contribution < -0.4 is 0 Å². The lowest BCUT2D eigenvalue weighted by Crippen LogP contribution is -2.21. The molecule has 2 rings (SSSR count). The molecule has 1 aromatic heterocycles. The van der Waals surface area contributed by atoms with E-state index < -0.39 is 5.97 Å². The molecule has 0 bridgehead atoms. The minimum Gasteiger partial charge on any atom is -0.481 e. The maximum absolute atomic E-state index is 10.5. The van der Waals surface area contributed by atoms with E-state index in [0.717, 1.165) is 29.0 Å². The number of H-pyrrole nitrogens is 1. The molecule has 0 aliphatic rings. The highest BCUT2D eigenvalue weighted by Crippen LogP contribution is 2.14. The van der Waals surface area contributed by atoms with Gasteiger partial charge in [-0.15, -0.1) is 0 Å². The van der Waals surface area contributed by atoms with E-state index in [1.54, 1.807) is 0 Å². The van der Waals surface area contributed by atoms with Gasteiger partial charge in [0.25, 0.3) is 0 Å². The summed E-state index contributed by atoms with van der Waals surface area (Å²) in [6.07, 6.45) is 0.169. The monoisotopic (exact) mass is 247 g/mol. The minimum atomic E-state index is -0.763. The lowest BCUT2D eigenvalue weighted by atomic mass is 10.2. The molecule has 0 aliphatic carbocycles. The average Bonchev–Trinajstić information content (AvgIpc) is 2.66. The van der Waals surface area contributed by atoms with Crippen molar-refractivity contribution in [2.24, 2.45) is 0 Å². The van der Waals surface area contributed by atoms with Crippen molar-refractivity contribution in [2.75, 3.05) is 13.6 Å². The van der Waals surface area contributed by atoms with Crippen molar-refractivity contribution >= 4 is 17.0 Å². The van der Waals surface area contributed by atoms with Gasteiger partial charge in [-0.25, -0.2) is 4.98 Å². The van der Waals surface area contributed by atoms with Gasteiger partial charge in [0.15, 0.2) is 0 Å². The number of rotatable bonds is 5. The van der Waals surface area contributed by atoms with E-state index in [4.69, 9.17) is 5.11 Å².